The van der Waals surface area contributed by atoms with Gasteiger partial charge in [0.05, 0.1) is 6.54 Å². The second-order valence-corrected chi connectivity index (χ2v) is 6.99. The zero-order valence-corrected chi connectivity index (χ0v) is 15.5. The number of alkyl carbamates (subject to hydrolysis) is 1. The van der Waals surface area contributed by atoms with Gasteiger partial charge in [-0.2, -0.15) is 0 Å². The van der Waals surface area contributed by atoms with Crippen LogP contribution in [0.4, 0.5) is 4.79 Å². The maximum Gasteiger partial charge on any atom is 0.408 e. The van der Waals surface area contributed by atoms with E-state index >= 15 is 0 Å². The molecule has 5 nitrogen and oxygen atoms in total. The highest BCUT2D eigenvalue weighted by molar-refractivity contribution is 5.85. The molecule has 0 atom stereocenters. The molecule has 0 saturated carbocycles. The third kappa shape index (κ3) is 7.38. The van der Waals surface area contributed by atoms with Crippen molar-refractivity contribution in [2.45, 2.75) is 39.4 Å². The molecular formula is C21H25NO4. The summed E-state index contributed by atoms with van der Waals surface area (Å²) in [6, 6.07) is 17.3. The number of ketones is 1. The number of amides is 1. The van der Waals surface area contributed by atoms with E-state index in [-0.39, 0.29) is 18.7 Å². The average Bonchev–Trinajstić information content (AvgIpc) is 2.59. The molecule has 1 N–H and O–H groups in total. The third-order valence-electron chi connectivity index (χ3n) is 3.40. The first kappa shape index (κ1) is 19.5. The number of ether oxygens (including phenoxy) is 2. The van der Waals surface area contributed by atoms with Crippen LogP contribution in [0.3, 0.4) is 0 Å². The first-order valence-corrected chi connectivity index (χ1v) is 8.56. The summed E-state index contributed by atoms with van der Waals surface area (Å²) in [7, 11) is 0. The number of hydrogen-bond acceptors (Lipinski definition) is 4. The van der Waals surface area contributed by atoms with Gasteiger partial charge in [-0.15, -0.1) is 0 Å². The largest absolute Gasteiger partial charge is 0.489 e. The summed E-state index contributed by atoms with van der Waals surface area (Å²) in [5.41, 5.74) is 1.39. The molecule has 5 heteroatoms. The Morgan fingerprint density at radius 3 is 2.19 bits per heavy atom. The number of nitrogens with one attached hydrogen (secondary N) is 1. The Kier molecular flexibility index (Phi) is 6.78. The van der Waals surface area contributed by atoms with Crippen LogP contribution >= 0.6 is 0 Å². The van der Waals surface area contributed by atoms with Crippen molar-refractivity contribution >= 4 is 11.9 Å². The molecule has 0 radical (unpaired) electrons. The highest BCUT2D eigenvalue weighted by Crippen LogP contribution is 2.15. The smallest absolute Gasteiger partial charge is 0.408 e. The van der Waals surface area contributed by atoms with Crippen LogP contribution in [0.15, 0.2) is 54.6 Å². The van der Waals surface area contributed by atoms with Crippen LogP contribution in [0.1, 0.15) is 31.9 Å². The molecule has 0 aliphatic carbocycles. The Hall–Kier alpha value is -2.82. The van der Waals surface area contributed by atoms with Gasteiger partial charge in [0, 0.05) is 6.42 Å². The molecule has 1 amide bonds. The molecule has 2 aromatic carbocycles. The van der Waals surface area contributed by atoms with Crippen molar-refractivity contribution in [3.8, 4) is 5.75 Å². The Morgan fingerprint density at radius 1 is 0.923 bits per heavy atom. The molecule has 2 aromatic rings. The van der Waals surface area contributed by atoms with Crippen molar-refractivity contribution in [2.75, 3.05) is 6.54 Å². The van der Waals surface area contributed by atoms with Gasteiger partial charge in [0.1, 0.15) is 18.0 Å². The van der Waals surface area contributed by atoms with Gasteiger partial charge in [-0.05, 0) is 44.0 Å². The lowest BCUT2D eigenvalue weighted by atomic mass is 10.1. The molecule has 0 bridgehead atoms. The number of carbonyl (C=O) groups is 2. The summed E-state index contributed by atoms with van der Waals surface area (Å²) in [6.45, 7) is 5.77. The fraction of sp³-hybridized carbons (Fsp3) is 0.333. The lowest BCUT2D eigenvalue weighted by molar-refractivity contribution is -0.117. The molecule has 2 rings (SSSR count). The Labute approximate surface area is 154 Å². The molecule has 0 heterocycles. The molecule has 0 aliphatic heterocycles. The zero-order chi connectivity index (χ0) is 19.0. The zero-order valence-electron chi connectivity index (χ0n) is 15.5. The molecule has 0 aliphatic rings. The third-order valence-corrected chi connectivity index (χ3v) is 3.40. The van der Waals surface area contributed by atoms with Crippen molar-refractivity contribution in [1.29, 1.82) is 0 Å². The SMILES string of the molecule is CC(C)(C)OC(=O)NCC(=O)Cc1ccc(OCc2ccccc2)cc1. The average molecular weight is 355 g/mol. The molecule has 26 heavy (non-hydrogen) atoms. The van der Waals surface area contributed by atoms with E-state index in [1.807, 2.05) is 54.6 Å². The van der Waals surface area contributed by atoms with Gasteiger partial charge in [0.15, 0.2) is 5.78 Å². The van der Waals surface area contributed by atoms with E-state index in [2.05, 4.69) is 5.32 Å². The monoisotopic (exact) mass is 355 g/mol. The minimum atomic E-state index is -0.587. The van der Waals surface area contributed by atoms with Gasteiger partial charge < -0.3 is 14.8 Å². The summed E-state index contributed by atoms with van der Waals surface area (Å²) >= 11 is 0. The normalized spacial score (nSPS) is 10.9. The number of hydrogen-bond donors (Lipinski definition) is 1. The molecule has 0 fully saturated rings. The second-order valence-electron chi connectivity index (χ2n) is 6.99. The van der Waals surface area contributed by atoms with E-state index < -0.39 is 11.7 Å². The molecule has 0 unspecified atom stereocenters. The van der Waals surface area contributed by atoms with Gasteiger partial charge >= 0.3 is 6.09 Å². The highest BCUT2D eigenvalue weighted by atomic mass is 16.6. The number of Topliss-reactive ketones (excluding diaryl/α,β-unsaturated/α-hetero) is 1. The summed E-state index contributed by atoms with van der Waals surface area (Å²) in [5.74, 6) is 0.658. The van der Waals surface area contributed by atoms with Crippen LogP contribution in [0.5, 0.6) is 5.75 Å². The van der Waals surface area contributed by atoms with Gasteiger partial charge in [0.25, 0.3) is 0 Å². The Morgan fingerprint density at radius 2 is 1.58 bits per heavy atom. The van der Waals surface area contributed by atoms with Crippen molar-refractivity contribution in [3.63, 3.8) is 0 Å². The minimum absolute atomic E-state index is 0.0544. The van der Waals surface area contributed by atoms with Crippen LogP contribution in [0.25, 0.3) is 0 Å². The number of carbonyl (C=O) groups excluding carboxylic acids is 2. The van der Waals surface area contributed by atoms with Crippen LogP contribution in [0.2, 0.25) is 0 Å². The van der Waals surface area contributed by atoms with Crippen LogP contribution in [0, 0.1) is 0 Å². The van der Waals surface area contributed by atoms with Gasteiger partial charge in [-0.25, -0.2) is 4.79 Å². The van der Waals surface area contributed by atoms with Crippen molar-refractivity contribution in [2.24, 2.45) is 0 Å². The summed E-state index contributed by atoms with van der Waals surface area (Å²) in [6.07, 6.45) is -0.343. The van der Waals surface area contributed by atoms with Crippen molar-refractivity contribution in [3.05, 3.63) is 65.7 Å². The topological polar surface area (TPSA) is 64.6 Å². The highest BCUT2D eigenvalue weighted by Gasteiger charge is 2.16. The standard InChI is InChI=1S/C21H25NO4/c1-21(2,3)26-20(24)22-14-18(23)13-16-9-11-19(12-10-16)25-15-17-7-5-4-6-8-17/h4-12H,13-15H2,1-3H3,(H,22,24). The summed E-state index contributed by atoms with van der Waals surface area (Å²) in [4.78, 5) is 23.5. The summed E-state index contributed by atoms with van der Waals surface area (Å²) in [5, 5.41) is 2.47. The summed E-state index contributed by atoms with van der Waals surface area (Å²) < 4.78 is 10.8. The second kappa shape index (κ2) is 9.04. The van der Waals surface area contributed by atoms with Crippen LogP contribution in [-0.2, 0) is 22.6 Å². The lowest BCUT2D eigenvalue weighted by Crippen LogP contribution is -2.35. The Balaban J connectivity index is 1.76. The van der Waals surface area contributed by atoms with Crippen LogP contribution in [-0.4, -0.2) is 24.0 Å². The minimum Gasteiger partial charge on any atom is -0.489 e. The van der Waals surface area contributed by atoms with Crippen LogP contribution < -0.4 is 10.1 Å². The molecular weight excluding hydrogens is 330 g/mol. The van der Waals surface area contributed by atoms with Crippen molar-refractivity contribution < 1.29 is 19.1 Å². The predicted molar refractivity (Wildman–Crippen MR) is 100 cm³/mol. The van der Waals surface area contributed by atoms with E-state index in [1.165, 1.54) is 0 Å². The molecule has 0 spiro atoms. The van der Waals surface area contributed by atoms with Gasteiger partial charge in [-0.3, -0.25) is 4.79 Å². The maximum absolute atomic E-state index is 12.0. The van der Waals surface area contributed by atoms with E-state index in [0.29, 0.717) is 6.61 Å². The molecule has 138 valence electrons. The molecule has 0 saturated heterocycles. The molecule has 0 aromatic heterocycles. The number of benzene rings is 2. The lowest BCUT2D eigenvalue weighted by Gasteiger charge is -2.19. The maximum atomic E-state index is 12.0. The fourth-order valence-electron chi connectivity index (χ4n) is 2.22. The first-order chi connectivity index (χ1) is 12.3. The fourth-order valence-corrected chi connectivity index (χ4v) is 2.22. The van der Waals surface area contributed by atoms with Gasteiger partial charge in [-0.1, -0.05) is 42.5 Å². The van der Waals surface area contributed by atoms with E-state index in [0.717, 1.165) is 16.9 Å². The van der Waals surface area contributed by atoms with E-state index in [1.54, 1.807) is 20.8 Å². The predicted octanol–water partition coefficient (Wildman–Crippen LogP) is 3.90. The number of rotatable bonds is 7. The van der Waals surface area contributed by atoms with Gasteiger partial charge in [0.2, 0.25) is 0 Å². The Bertz CT molecular complexity index is 718. The first-order valence-electron chi connectivity index (χ1n) is 8.56. The van der Waals surface area contributed by atoms with E-state index in [4.69, 9.17) is 9.47 Å². The van der Waals surface area contributed by atoms with Crippen molar-refractivity contribution in [1.82, 2.24) is 5.32 Å². The quantitative estimate of drug-likeness (QED) is 0.818. The van der Waals surface area contributed by atoms with E-state index in [9.17, 15) is 9.59 Å².